The maximum atomic E-state index is 13.6. The van der Waals surface area contributed by atoms with Crippen LogP contribution in [0.1, 0.15) is 11.4 Å². The van der Waals surface area contributed by atoms with Gasteiger partial charge in [-0.3, -0.25) is 0 Å². The Morgan fingerprint density at radius 3 is 2.42 bits per heavy atom. The number of rotatable bonds is 3. The van der Waals surface area contributed by atoms with Crippen LogP contribution < -0.4 is 5.32 Å². The van der Waals surface area contributed by atoms with Gasteiger partial charge in [-0.2, -0.15) is 13.2 Å². The molecule has 0 aliphatic heterocycles. The van der Waals surface area contributed by atoms with Crippen molar-refractivity contribution in [3.05, 3.63) is 65.5 Å². The maximum absolute atomic E-state index is 13.6. The molecule has 0 fully saturated rings. The third-order valence-corrected chi connectivity index (χ3v) is 3.32. The first kappa shape index (κ1) is 16.1. The third-order valence-electron chi connectivity index (χ3n) is 3.32. The van der Waals surface area contributed by atoms with E-state index in [-0.39, 0.29) is 28.8 Å². The summed E-state index contributed by atoms with van der Waals surface area (Å²) in [6.45, 7) is -0.105. The average molecular weight is 339 g/mol. The number of fused-ring (bicyclic) bond motifs is 1. The van der Waals surface area contributed by atoms with E-state index < -0.39 is 23.6 Å². The van der Waals surface area contributed by atoms with Crippen molar-refractivity contribution in [2.24, 2.45) is 0 Å². The van der Waals surface area contributed by atoms with Crippen molar-refractivity contribution < 1.29 is 22.0 Å². The minimum Gasteiger partial charge on any atom is -0.365 e. The lowest BCUT2D eigenvalue weighted by Crippen LogP contribution is -2.14. The Morgan fingerprint density at radius 2 is 1.71 bits per heavy atom. The summed E-state index contributed by atoms with van der Waals surface area (Å²) in [5.41, 5.74) is 0.184. The van der Waals surface area contributed by atoms with Gasteiger partial charge in [0, 0.05) is 17.5 Å². The number of benzene rings is 2. The number of nitrogens with one attached hydrogen (secondary N) is 1. The van der Waals surface area contributed by atoms with Gasteiger partial charge in [0.25, 0.3) is 0 Å². The molecular weight excluding hydrogens is 329 g/mol. The number of nitrogens with zero attached hydrogens (tertiary/aromatic N) is 2. The minimum absolute atomic E-state index is 0.0604. The lowest BCUT2D eigenvalue weighted by atomic mass is 10.2. The van der Waals surface area contributed by atoms with E-state index in [9.17, 15) is 22.0 Å². The van der Waals surface area contributed by atoms with Crippen molar-refractivity contribution in [3.63, 3.8) is 0 Å². The summed E-state index contributed by atoms with van der Waals surface area (Å²) in [5, 5.41) is 2.71. The summed E-state index contributed by atoms with van der Waals surface area (Å²) in [6.07, 6.45) is -4.75. The van der Waals surface area contributed by atoms with Crippen LogP contribution in [0.2, 0.25) is 0 Å². The first-order chi connectivity index (χ1) is 11.3. The number of anilines is 1. The highest BCUT2D eigenvalue weighted by molar-refractivity contribution is 5.89. The van der Waals surface area contributed by atoms with Crippen molar-refractivity contribution in [2.45, 2.75) is 12.7 Å². The summed E-state index contributed by atoms with van der Waals surface area (Å²) in [6, 6.07) is 8.98. The molecule has 1 heterocycles. The number of alkyl halides is 3. The highest BCUT2D eigenvalue weighted by Crippen LogP contribution is 2.30. The van der Waals surface area contributed by atoms with Gasteiger partial charge in [-0.05, 0) is 24.3 Å². The summed E-state index contributed by atoms with van der Waals surface area (Å²) < 4.78 is 65.8. The van der Waals surface area contributed by atoms with Crippen LogP contribution in [0.25, 0.3) is 10.9 Å². The molecule has 1 aromatic heterocycles. The zero-order chi connectivity index (χ0) is 17.3. The van der Waals surface area contributed by atoms with Gasteiger partial charge in [0.2, 0.25) is 5.82 Å². The molecule has 0 aliphatic carbocycles. The molecule has 0 saturated carbocycles. The van der Waals surface area contributed by atoms with E-state index in [0.29, 0.717) is 0 Å². The molecule has 0 unspecified atom stereocenters. The zero-order valence-corrected chi connectivity index (χ0v) is 12.0. The second-order valence-electron chi connectivity index (χ2n) is 5.00. The molecule has 3 nitrogen and oxygen atoms in total. The highest BCUT2D eigenvalue weighted by atomic mass is 19.4. The van der Waals surface area contributed by atoms with Crippen LogP contribution in [0.15, 0.2) is 42.5 Å². The number of aromatic nitrogens is 2. The largest absolute Gasteiger partial charge is 0.451 e. The zero-order valence-electron chi connectivity index (χ0n) is 12.0. The Labute approximate surface area is 133 Å². The van der Waals surface area contributed by atoms with E-state index in [0.717, 1.165) is 18.2 Å². The summed E-state index contributed by atoms with van der Waals surface area (Å²) >= 11 is 0. The lowest BCUT2D eigenvalue weighted by molar-refractivity contribution is -0.144. The molecule has 24 heavy (non-hydrogen) atoms. The molecule has 0 radical (unpaired) electrons. The quantitative estimate of drug-likeness (QED) is 0.712. The molecule has 3 aromatic rings. The van der Waals surface area contributed by atoms with Gasteiger partial charge in [-0.25, -0.2) is 18.7 Å². The molecule has 3 rings (SSSR count). The Bertz CT molecular complexity index is 893. The van der Waals surface area contributed by atoms with E-state index in [1.54, 1.807) is 6.07 Å². The Hall–Kier alpha value is -2.77. The van der Waals surface area contributed by atoms with Gasteiger partial charge in [0.15, 0.2) is 0 Å². The molecule has 0 atom stereocenters. The van der Waals surface area contributed by atoms with Crippen molar-refractivity contribution in [3.8, 4) is 0 Å². The smallest absolute Gasteiger partial charge is 0.365 e. The summed E-state index contributed by atoms with van der Waals surface area (Å²) in [5.74, 6) is -2.71. The standard InChI is InChI=1S/C16H10F5N3/c17-10-5-6-13-11(7-10)14(24-15(23-13)16(19,20)21)22-8-9-3-1-2-4-12(9)18/h1-7H,8H2,(H,22,23,24). The van der Waals surface area contributed by atoms with Gasteiger partial charge in [-0.1, -0.05) is 18.2 Å². The second kappa shape index (κ2) is 6.03. The molecule has 0 aliphatic rings. The molecular formula is C16H10F5N3. The van der Waals surface area contributed by atoms with Crippen molar-refractivity contribution in [1.29, 1.82) is 0 Å². The van der Waals surface area contributed by atoms with Crippen LogP contribution in [-0.2, 0) is 12.7 Å². The topological polar surface area (TPSA) is 37.8 Å². The fraction of sp³-hybridized carbons (Fsp3) is 0.125. The van der Waals surface area contributed by atoms with Crippen molar-refractivity contribution in [2.75, 3.05) is 5.32 Å². The molecule has 1 N–H and O–H groups in total. The normalized spacial score (nSPS) is 11.7. The van der Waals surface area contributed by atoms with Gasteiger partial charge < -0.3 is 5.32 Å². The average Bonchev–Trinajstić information content (AvgIpc) is 2.53. The monoisotopic (exact) mass is 339 g/mol. The van der Waals surface area contributed by atoms with E-state index in [1.165, 1.54) is 18.2 Å². The summed E-state index contributed by atoms with van der Waals surface area (Å²) in [7, 11) is 0. The lowest BCUT2D eigenvalue weighted by Gasteiger charge is -2.12. The Morgan fingerprint density at radius 1 is 0.958 bits per heavy atom. The predicted molar refractivity (Wildman–Crippen MR) is 78.2 cm³/mol. The van der Waals surface area contributed by atoms with Crippen molar-refractivity contribution in [1.82, 2.24) is 9.97 Å². The molecule has 0 amide bonds. The fourth-order valence-corrected chi connectivity index (χ4v) is 2.18. The van der Waals surface area contributed by atoms with E-state index >= 15 is 0 Å². The minimum atomic E-state index is -4.75. The number of halogens is 5. The van der Waals surface area contributed by atoms with E-state index in [4.69, 9.17) is 0 Å². The molecule has 0 saturated heterocycles. The van der Waals surface area contributed by atoms with Gasteiger partial charge in [-0.15, -0.1) is 0 Å². The third kappa shape index (κ3) is 3.27. The van der Waals surface area contributed by atoms with Crippen LogP contribution in [0, 0.1) is 11.6 Å². The highest BCUT2D eigenvalue weighted by Gasteiger charge is 2.35. The fourth-order valence-electron chi connectivity index (χ4n) is 2.18. The van der Waals surface area contributed by atoms with Gasteiger partial charge in [0.05, 0.1) is 5.52 Å². The van der Waals surface area contributed by atoms with E-state index in [2.05, 4.69) is 15.3 Å². The van der Waals surface area contributed by atoms with Crippen LogP contribution >= 0.6 is 0 Å². The van der Waals surface area contributed by atoms with Crippen molar-refractivity contribution >= 4 is 16.7 Å². The second-order valence-corrected chi connectivity index (χ2v) is 5.00. The van der Waals surface area contributed by atoms with Crippen LogP contribution in [0.3, 0.4) is 0 Å². The predicted octanol–water partition coefficient (Wildman–Crippen LogP) is 4.54. The molecule has 8 heteroatoms. The van der Waals surface area contributed by atoms with Crippen LogP contribution in [0.5, 0.6) is 0 Å². The van der Waals surface area contributed by atoms with Crippen LogP contribution in [-0.4, -0.2) is 9.97 Å². The summed E-state index contributed by atoms with van der Waals surface area (Å²) in [4.78, 5) is 6.83. The van der Waals surface area contributed by atoms with Gasteiger partial charge >= 0.3 is 6.18 Å². The number of hydrogen-bond acceptors (Lipinski definition) is 3. The number of hydrogen-bond donors (Lipinski definition) is 1. The van der Waals surface area contributed by atoms with Gasteiger partial charge in [0.1, 0.15) is 17.5 Å². The first-order valence-electron chi connectivity index (χ1n) is 6.86. The molecule has 124 valence electrons. The maximum Gasteiger partial charge on any atom is 0.451 e. The van der Waals surface area contributed by atoms with Crippen LogP contribution in [0.4, 0.5) is 27.8 Å². The van der Waals surface area contributed by atoms with E-state index in [1.807, 2.05) is 0 Å². The SMILES string of the molecule is Fc1ccc2nc(C(F)(F)F)nc(NCc3ccccc3F)c2c1. The Balaban J connectivity index is 2.04. The molecule has 0 spiro atoms. The Kier molecular flexibility index (Phi) is 4.04. The first-order valence-corrected chi connectivity index (χ1v) is 6.86. The molecule has 0 bridgehead atoms. The molecule has 2 aromatic carbocycles.